The summed E-state index contributed by atoms with van der Waals surface area (Å²) in [5.74, 6) is -0.283. The summed E-state index contributed by atoms with van der Waals surface area (Å²) in [7, 11) is 1.51. The highest BCUT2D eigenvalue weighted by molar-refractivity contribution is 5.98. The molecule has 0 aromatic heterocycles. The lowest BCUT2D eigenvalue weighted by atomic mass is 10.1. The van der Waals surface area contributed by atoms with Crippen molar-refractivity contribution in [3.8, 4) is 5.75 Å². The van der Waals surface area contributed by atoms with E-state index < -0.39 is 5.91 Å². The van der Waals surface area contributed by atoms with Crippen LogP contribution in [0.3, 0.4) is 0 Å². The van der Waals surface area contributed by atoms with Crippen molar-refractivity contribution >= 4 is 17.6 Å². The first-order chi connectivity index (χ1) is 11.5. The average Bonchev–Trinajstić information content (AvgIpc) is 2.60. The van der Waals surface area contributed by atoms with Crippen molar-refractivity contribution in [3.05, 3.63) is 65.4 Å². The number of carbonyl (C=O) groups is 3. The zero-order valence-corrected chi connectivity index (χ0v) is 13.4. The molecule has 0 spiro atoms. The van der Waals surface area contributed by atoms with Crippen molar-refractivity contribution in [2.24, 2.45) is 0 Å². The number of allylic oxidation sites excluding steroid dienone is 3. The van der Waals surface area contributed by atoms with Crippen molar-refractivity contribution < 1.29 is 19.1 Å². The fourth-order valence-electron chi connectivity index (χ4n) is 1.98. The molecule has 1 aromatic rings. The second kappa shape index (κ2) is 7.85. The van der Waals surface area contributed by atoms with Crippen molar-refractivity contribution in [1.82, 2.24) is 10.6 Å². The van der Waals surface area contributed by atoms with Crippen LogP contribution < -0.4 is 15.4 Å². The zero-order chi connectivity index (χ0) is 17.5. The number of Topliss-reactive ketones (excluding diaryl/α,β-unsaturated/α-hetero) is 1. The minimum absolute atomic E-state index is 0.0399. The van der Waals surface area contributed by atoms with Gasteiger partial charge in [0.25, 0.3) is 5.91 Å². The molecule has 6 heteroatoms. The van der Waals surface area contributed by atoms with E-state index >= 15 is 0 Å². The molecule has 0 heterocycles. The first-order valence-electron chi connectivity index (χ1n) is 7.27. The van der Waals surface area contributed by atoms with Crippen LogP contribution in [0.5, 0.6) is 5.75 Å². The highest BCUT2D eigenvalue weighted by atomic mass is 16.5. The zero-order valence-electron chi connectivity index (χ0n) is 13.4. The maximum atomic E-state index is 12.0. The van der Waals surface area contributed by atoms with E-state index in [2.05, 4.69) is 16.7 Å². The molecule has 1 aliphatic carbocycles. The van der Waals surface area contributed by atoms with Gasteiger partial charge in [-0.3, -0.25) is 14.4 Å². The Hall–Kier alpha value is -3.24. The van der Waals surface area contributed by atoms with Gasteiger partial charge in [-0.25, -0.2) is 0 Å². The quantitative estimate of drug-likeness (QED) is 0.610. The topological polar surface area (TPSA) is 84.5 Å². The summed E-state index contributed by atoms with van der Waals surface area (Å²) in [5.41, 5.74) is 1.27. The van der Waals surface area contributed by atoms with Crippen molar-refractivity contribution in [2.75, 3.05) is 13.7 Å². The molecule has 6 nitrogen and oxygen atoms in total. The van der Waals surface area contributed by atoms with Gasteiger partial charge in [-0.1, -0.05) is 0 Å². The van der Waals surface area contributed by atoms with Gasteiger partial charge in [0.1, 0.15) is 17.9 Å². The molecule has 1 aliphatic rings. The fourth-order valence-corrected chi connectivity index (χ4v) is 1.98. The minimum atomic E-state index is -0.401. The molecule has 0 aliphatic heterocycles. The summed E-state index contributed by atoms with van der Waals surface area (Å²) in [6.45, 7) is 1.26. The Morgan fingerprint density at radius 3 is 2.50 bits per heavy atom. The van der Waals surface area contributed by atoms with Crippen LogP contribution in [0.15, 0.2) is 53.8 Å². The average molecular weight is 325 g/mol. The lowest BCUT2D eigenvalue weighted by molar-refractivity contribution is -0.122. The monoisotopic (exact) mass is 325 g/mol. The summed E-state index contributed by atoms with van der Waals surface area (Å²) in [5, 5.41) is 5.12. The maximum Gasteiger partial charge on any atom is 0.310 e. The number of amides is 2. The fraction of sp³-hybridized carbons (Fsp3) is 0.167. The van der Waals surface area contributed by atoms with E-state index in [4.69, 9.17) is 4.74 Å². The summed E-state index contributed by atoms with van der Waals surface area (Å²) >= 11 is 0. The van der Waals surface area contributed by atoms with Crippen molar-refractivity contribution in [2.45, 2.75) is 6.92 Å². The lowest BCUT2D eigenvalue weighted by Crippen LogP contribution is -2.31. The molecular formula is C18H17N2O4+. The Bertz CT molecular complexity index is 743. The number of hydrogen-bond donors (Lipinski definition) is 2. The molecule has 2 rings (SSSR count). The molecule has 0 fully saturated rings. The summed E-state index contributed by atoms with van der Waals surface area (Å²) < 4.78 is 5.37. The van der Waals surface area contributed by atoms with Crippen LogP contribution in [0.25, 0.3) is 0 Å². The summed E-state index contributed by atoms with van der Waals surface area (Å²) in [4.78, 5) is 34.9. The van der Waals surface area contributed by atoms with Gasteiger partial charge in [-0.05, 0) is 31.2 Å². The highest BCUT2D eigenvalue weighted by Gasteiger charge is 2.22. The van der Waals surface area contributed by atoms with E-state index in [-0.39, 0.29) is 18.3 Å². The van der Waals surface area contributed by atoms with Gasteiger partial charge >= 0.3 is 5.91 Å². The number of ketones is 1. The molecule has 2 N–H and O–H groups in total. The van der Waals surface area contributed by atoms with Crippen LogP contribution >= 0.6 is 0 Å². The number of benzene rings is 1. The first-order valence-corrected chi connectivity index (χ1v) is 7.27. The number of ether oxygens (including phenoxy) is 1. The standard InChI is InChI=1S/C18H16N2O4/c1-12(21)13-7-9-14(10-8-13)24-11-17(22)20-16-6-4-3-5-15(16)18(23)19-2/h4-10H,11H2,1-2H3,(H-,19,20,22,23)/p+1. The van der Waals surface area contributed by atoms with E-state index in [1.54, 1.807) is 36.4 Å². The Morgan fingerprint density at radius 1 is 1.17 bits per heavy atom. The van der Waals surface area contributed by atoms with Crippen LogP contribution in [0.2, 0.25) is 0 Å². The lowest BCUT2D eigenvalue weighted by Gasteiger charge is -2.08. The van der Waals surface area contributed by atoms with Crippen LogP contribution in [-0.4, -0.2) is 31.3 Å². The molecule has 2 amide bonds. The number of nitrogens with one attached hydrogen (secondary N) is 2. The third-order valence-electron chi connectivity index (χ3n) is 3.24. The maximum absolute atomic E-state index is 12.0. The molecule has 0 bridgehead atoms. The molecule has 24 heavy (non-hydrogen) atoms. The Labute approximate surface area is 139 Å². The van der Waals surface area contributed by atoms with Crippen LogP contribution in [0, 0.1) is 6.08 Å². The third kappa shape index (κ3) is 4.38. The summed E-state index contributed by atoms with van der Waals surface area (Å²) in [6.07, 6.45) is 7.47. The van der Waals surface area contributed by atoms with Crippen molar-refractivity contribution in [1.29, 1.82) is 0 Å². The molecule has 1 aromatic carbocycles. The molecule has 0 saturated carbocycles. The number of carbonyl (C=O) groups excluding carboxylic acids is 3. The Balaban J connectivity index is 1.96. The normalized spacial score (nSPS) is 12.4. The van der Waals surface area contributed by atoms with E-state index in [0.717, 1.165) is 0 Å². The largest absolute Gasteiger partial charge is 0.484 e. The van der Waals surface area contributed by atoms with Crippen molar-refractivity contribution in [3.63, 3.8) is 0 Å². The van der Waals surface area contributed by atoms with Crippen LogP contribution in [0.1, 0.15) is 17.3 Å². The van der Waals surface area contributed by atoms with E-state index in [1.807, 2.05) is 0 Å². The van der Waals surface area contributed by atoms with E-state index in [0.29, 0.717) is 22.6 Å². The van der Waals surface area contributed by atoms with Gasteiger partial charge in [0, 0.05) is 18.7 Å². The van der Waals surface area contributed by atoms with E-state index in [9.17, 15) is 14.4 Å². The predicted molar refractivity (Wildman–Crippen MR) is 88.1 cm³/mol. The Morgan fingerprint density at radius 2 is 1.88 bits per heavy atom. The van der Waals surface area contributed by atoms with Gasteiger partial charge in [-0.15, -0.1) is 0 Å². The SMILES string of the molecule is CNC(=O)C1=C(NC(=O)COc2ccc(C(C)=O)cc2)C=C[C+]=C1. The second-order valence-corrected chi connectivity index (χ2v) is 4.97. The smallest absolute Gasteiger partial charge is 0.310 e. The van der Waals surface area contributed by atoms with Crippen LogP contribution in [0.4, 0.5) is 0 Å². The highest BCUT2D eigenvalue weighted by Crippen LogP contribution is 2.13. The summed E-state index contributed by atoms with van der Waals surface area (Å²) in [6, 6.07) is 6.51. The van der Waals surface area contributed by atoms with Gasteiger partial charge in [0.05, 0.1) is 6.08 Å². The molecule has 0 saturated heterocycles. The molecule has 122 valence electrons. The number of likely N-dealkylation sites (N-methyl/N-ethyl adjacent to an activating group) is 1. The molecule has 0 unspecified atom stereocenters. The van der Waals surface area contributed by atoms with E-state index in [1.165, 1.54) is 20.0 Å². The second-order valence-electron chi connectivity index (χ2n) is 4.97. The van der Waals surface area contributed by atoms with Crippen LogP contribution in [-0.2, 0) is 9.59 Å². The Kier molecular flexibility index (Phi) is 5.60. The van der Waals surface area contributed by atoms with Gasteiger partial charge in [-0.2, -0.15) is 0 Å². The minimum Gasteiger partial charge on any atom is -0.484 e. The van der Waals surface area contributed by atoms with Gasteiger partial charge in [0.2, 0.25) is 0 Å². The molecule has 0 radical (unpaired) electrons. The predicted octanol–water partition coefficient (Wildman–Crippen LogP) is 1.31. The third-order valence-corrected chi connectivity index (χ3v) is 3.24. The number of hydrogen-bond acceptors (Lipinski definition) is 4. The number of rotatable bonds is 6. The van der Waals surface area contributed by atoms with Gasteiger partial charge in [0.15, 0.2) is 23.7 Å². The molecular weight excluding hydrogens is 308 g/mol. The van der Waals surface area contributed by atoms with Gasteiger partial charge < -0.3 is 15.4 Å². The first kappa shape index (κ1) is 17.1. The molecule has 0 atom stereocenters.